The fourth-order valence-corrected chi connectivity index (χ4v) is 3.77. The number of ether oxygens (including phenoxy) is 1. The number of aromatic nitrogens is 1. The van der Waals surface area contributed by atoms with Crippen molar-refractivity contribution < 1.29 is 13.2 Å². The Kier molecular flexibility index (Phi) is 4.21. The highest BCUT2D eigenvalue weighted by Gasteiger charge is 2.30. The fraction of sp³-hybridized carbons (Fsp3) is 0.545. The smallest absolute Gasteiger partial charge is 0.243 e. The Morgan fingerprint density at radius 1 is 1.56 bits per heavy atom. The van der Waals surface area contributed by atoms with Crippen LogP contribution in [0, 0.1) is 0 Å². The Bertz CT molecular complexity index is 521. The van der Waals surface area contributed by atoms with E-state index in [1.807, 2.05) is 0 Å². The van der Waals surface area contributed by atoms with Crippen LogP contribution in [0.5, 0.6) is 0 Å². The Labute approximate surface area is 112 Å². The molecule has 1 saturated heterocycles. The zero-order valence-corrected chi connectivity index (χ0v) is 11.6. The third kappa shape index (κ3) is 2.83. The van der Waals surface area contributed by atoms with Gasteiger partial charge in [0.1, 0.15) is 5.15 Å². The van der Waals surface area contributed by atoms with E-state index in [2.05, 4.69) is 4.98 Å². The molecule has 1 atom stereocenters. The van der Waals surface area contributed by atoms with Gasteiger partial charge in [-0.25, -0.2) is 13.4 Å². The van der Waals surface area contributed by atoms with E-state index in [0.717, 1.165) is 12.8 Å². The van der Waals surface area contributed by atoms with Crippen molar-refractivity contribution in [1.82, 2.24) is 9.29 Å². The summed E-state index contributed by atoms with van der Waals surface area (Å²) < 4.78 is 31.4. The number of sulfonamides is 1. The van der Waals surface area contributed by atoms with Gasteiger partial charge in [-0.15, -0.1) is 0 Å². The van der Waals surface area contributed by atoms with Crippen molar-refractivity contribution in [1.29, 1.82) is 0 Å². The first-order chi connectivity index (χ1) is 8.54. The van der Waals surface area contributed by atoms with Gasteiger partial charge in [-0.05, 0) is 25.0 Å². The highest BCUT2D eigenvalue weighted by atomic mass is 35.5. The second-order valence-electron chi connectivity index (χ2n) is 4.18. The third-order valence-corrected chi connectivity index (χ3v) is 5.08. The summed E-state index contributed by atoms with van der Waals surface area (Å²) in [5.74, 6) is 0. The Hall–Kier alpha value is -0.690. The molecule has 2 heterocycles. The largest absolute Gasteiger partial charge is 0.380 e. The van der Waals surface area contributed by atoms with Crippen LogP contribution in [0.1, 0.15) is 12.8 Å². The highest BCUT2D eigenvalue weighted by Crippen LogP contribution is 2.22. The summed E-state index contributed by atoms with van der Waals surface area (Å²) in [4.78, 5) is 3.97. The van der Waals surface area contributed by atoms with Crippen LogP contribution >= 0.6 is 11.6 Å². The minimum absolute atomic E-state index is 0.0363. The molecule has 0 spiro atoms. The first-order valence-electron chi connectivity index (χ1n) is 5.68. The number of rotatable bonds is 3. The van der Waals surface area contributed by atoms with Crippen molar-refractivity contribution in [3.63, 3.8) is 0 Å². The maximum absolute atomic E-state index is 12.4. The zero-order valence-electron chi connectivity index (χ0n) is 10.0. The molecule has 5 nitrogen and oxygen atoms in total. The van der Waals surface area contributed by atoms with E-state index in [1.54, 1.807) is 7.11 Å². The topological polar surface area (TPSA) is 59.5 Å². The van der Waals surface area contributed by atoms with Gasteiger partial charge in [0.15, 0.2) is 0 Å². The molecule has 0 radical (unpaired) electrons. The van der Waals surface area contributed by atoms with Gasteiger partial charge in [-0.1, -0.05) is 11.6 Å². The molecule has 1 fully saturated rings. The van der Waals surface area contributed by atoms with Crippen molar-refractivity contribution in [2.45, 2.75) is 23.8 Å². The zero-order chi connectivity index (χ0) is 13.2. The molecule has 2 rings (SSSR count). The van der Waals surface area contributed by atoms with Crippen molar-refractivity contribution in [2.75, 3.05) is 20.2 Å². The fourth-order valence-electron chi connectivity index (χ4n) is 2.01. The number of methoxy groups -OCH3 is 1. The SMILES string of the molecule is COC1CCCN(S(=O)(=O)c2ccnc(Cl)c2)C1. The first kappa shape index (κ1) is 13.7. The molecule has 0 aromatic carbocycles. The van der Waals surface area contributed by atoms with Gasteiger partial charge in [-0.3, -0.25) is 0 Å². The van der Waals surface area contributed by atoms with Crippen molar-refractivity contribution >= 4 is 21.6 Å². The molecule has 1 unspecified atom stereocenters. The second-order valence-corrected chi connectivity index (χ2v) is 6.50. The summed E-state index contributed by atoms with van der Waals surface area (Å²) in [7, 11) is -1.90. The lowest BCUT2D eigenvalue weighted by Crippen LogP contribution is -2.42. The van der Waals surface area contributed by atoms with E-state index in [1.165, 1.54) is 22.6 Å². The predicted molar refractivity (Wildman–Crippen MR) is 68.0 cm³/mol. The number of halogens is 1. The van der Waals surface area contributed by atoms with E-state index in [0.29, 0.717) is 13.1 Å². The lowest BCUT2D eigenvalue weighted by Gasteiger charge is -2.31. The van der Waals surface area contributed by atoms with Crippen LogP contribution in [-0.4, -0.2) is 44.0 Å². The molecular formula is C11H15ClN2O3S. The highest BCUT2D eigenvalue weighted by molar-refractivity contribution is 7.89. The summed E-state index contributed by atoms with van der Waals surface area (Å²) in [6.07, 6.45) is 3.05. The lowest BCUT2D eigenvalue weighted by molar-refractivity contribution is 0.0572. The minimum Gasteiger partial charge on any atom is -0.380 e. The quantitative estimate of drug-likeness (QED) is 0.792. The molecule has 0 amide bonds. The predicted octanol–water partition coefficient (Wildman–Crippen LogP) is 1.53. The molecule has 0 aliphatic carbocycles. The minimum atomic E-state index is -3.50. The Balaban J connectivity index is 2.25. The van der Waals surface area contributed by atoms with Crippen LogP contribution < -0.4 is 0 Å². The number of pyridine rings is 1. The van der Waals surface area contributed by atoms with Gasteiger partial charge in [-0.2, -0.15) is 4.31 Å². The second kappa shape index (κ2) is 5.52. The molecule has 7 heteroatoms. The summed E-state index contributed by atoms with van der Waals surface area (Å²) in [6, 6.07) is 2.82. The molecule has 1 aliphatic heterocycles. The van der Waals surface area contributed by atoms with Crippen molar-refractivity contribution in [3.05, 3.63) is 23.5 Å². The molecule has 0 N–H and O–H groups in total. The summed E-state index contributed by atoms with van der Waals surface area (Å²) in [6.45, 7) is 0.904. The number of piperidine rings is 1. The van der Waals surface area contributed by atoms with Crippen LogP contribution in [-0.2, 0) is 14.8 Å². The third-order valence-electron chi connectivity index (χ3n) is 3.01. The van der Waals surface area contributed by atoms with E-state index in [9.17, 15) is 8.42 Å². The summed E-state index contributed by atoms with van der Waals surface area (Å²) >= 11 is 5.73. The number of hydrogen-bond donors (Lipinski definition) is 0. The molecule has 0 saturated carbocycles. The molecular weight excluding hydrogens is 276 g/mol. The lowest BCUT2D eigenvalue weighted by atomic mass is 10.1. The van der Waals surface area contributed by atoms with E-state index in [4.69, 9.17) is 16.3 Å². The molecule has 18 heavy (non-hydrogen) atoms. The van der Waals surface area contributed by atoms with Gasteiger partial charge in [0.05, 0.1) is 11.0 Å². The van der Waals surface area contributed by atoms with Crippen molar-refractivity contribution in [2.24, 2.45) is 0 Å². The average molecular weight is 291 g/mol. The van der Waals surface area contributed by atoms with Crippen LogP contribution in [0.25, 0.3) is 0 Å². The van der Waals surface area contributed by atoms with Gasteiger partial charge >= 0.3 is 0 Å². The van der Waals surface area contributed by atoms with Crippen molar-refractivity contribution in [3.8, 4) is 0 Å². The first-order valence-corrected chi connectivity index (χ1v) is 7.50. The Morgan fingerprint density at radius 2 is 2.33 bits per heavy atom. The molecule has 100 valence electrons. The Morgan fingerprint density at radius 3 is 3.00 bits per heavy atom. The molecule has 1 aromatic heterocycles. The van der Waals surface area contributed by atoms with Crippen LogP contribution in [0.3, 0.4) is 0 Å². The van der Waals surface area contributed by atoms with Crippen LogP contribution in [0.2, 0.25) is 5.15 Å². The standard InChI is InChI=1S/C11H15ClN2O3S/c1-17-9-3-2-6-14(8-9)18(15,16)10-4-5-13-11(12)7-10/h4-5,7,9H,2-3,6,8H2,1H3. The van der Waals surface area contributed by atoms with Gasteiger partial charge in [0.2, 0.25) is 10.0 Å². The van der Waals surface area contributed by atoms with Gasteiger partial charge in [0, 0.05) is 26.4 Å². The molecule has 1 aliphatic rings. The average Bonchev–Trinajstić information content (AvgIpc) is 2.39. The molecule has 0 bridgehead atoms. The van der Waals surface area contributed by atoms with E-state index >= 15 is 0 Å². The van der Waals surface area contributed by atoms with Crippen LogP contribution in [0.15, 0.2) is 23.2 Å². The number of nitrogens with zero attached hydrogens (tertiary/aromatic N) is 2. The monoisotopic (exact) mass is 290 g/mol. The maximum Gasteiger partial charge on any atom is 0.243 e. The maximum atomic E-state index is 12.4. The normalized spacial score (nSPS) is 22.0. The summed E-state index contributed by atoms with van der Waals surface area (Å²) in [5, 5.41) is 0.177. The number of hydrogen-bond acceptors (Lipinski definition) is 4. The van der Waals surface area contributed by atoms with Crippen LogP contribution in [0.4, 0.5) is 0 Å². The van der Waals surface area contributed by atoms with E-state index in [-0.39, 0.29) is 16.2 Å². The van der Waals surface area contributed by atoms with Gasteiger partial charge in [0.25, 0.3) is 0 Å². The van der Waals surface area contributed by atoms with Gasteiger partial charge < -0.3 is 4.74 Å². The van der Waals surface area contributed by atoms with E-state index < -0.39 is 10.0 Å². The summed E-state index contributed by atoms with van der Waals surface area (Å²) in [5.41, 5.74) is 0. The molecule has 1 aromatic rings.